The number of thioether (sulfide) groups is 1. The van der Waals surface area contributed by atoms with Crippen LogP contribution in [0.25, 0.3) is 11.1 Å². The molecule has 98 valence electrons. The Balaban J connectivity index is 2.24. The second-order valence-corrected chi connectivity index (χ2v) is 4.97. The van der Waals surface area contributed by atoms with Crippen molar-refractivity contribution in [1.29, 1.82) is 0 Å². The molecular weight excluding hydrogens is 260 g/mol. The first-order valence-corrected chi connectivity index (χ1v) is 6.99. The fourth-order valence-corrected chi connectivity index (χ4v) is 2.19. The number of benzene rings is 2. The molecule has 0 heterocycles. The Bertz CT molecular complexity index is 561. The average molecular weight is 274 g/mol. The van der Waals surface area contributed by atoms with Gasteiger partial charge in [-0.1, -0.05) is 36.4 Å². The highest BCUT2D eigenvalue weighted by molar-refractivity contribution is 7.98. The third-order valence-electron chi connectivity index (χ3n) is 2.88. The van der Waals surface area contributed by atoms with E-state index in [1.807, 2.05) is 42.7 Å². The zero-order chi connectivity index (χ0) is 13.8. The number of aliphatic carboxylic acids is 1. The van der Waals surface area contributed by atoms with Crippen LogP contribution in [0.3, 0.4) is 0 Å². The lowest BCUT2D eigenvalue weighted by Gasteiger charge is -2.07. The molecule has 3 nitrogen and oxygen atoms in total. The molecule has 2 N–H and O–H groups in total. The summed E-state index contributed by atoms with van der Waals surface area (Å²) >= 11 is 1.68. The van der Waals surface area contributed by atoms with Crippen LogP contribution in [0.5, 0.6) is 0 Å². The lowest BCUT2D eigenvalue weighted by atomic mass is 10.0. The molecule has 0 amide bonds. The SMILES string of the molecule is CSc1ccc(-c2ccc(C(O)C(=O)O)cc2)cc1. The topological polar surface area (TPSA) is 57.5 Å². The Morgan fingerprint density at radius 3 is 1.89 bits per heavy atom. The van der Waals surface area contributed by atoms with Crippen molar-refractivity contribution in [3.8, 4) is 11.1 Å². The van der Waals surface area contributed by atoms with E-state index >= 15 is 0 Å². The van der Waals surface area contributed by atoms with Gasteiger partial charge in [-0.25, -0.2) is 4.79 Å². The molecule has 0 saturated heterocycles. The number of aliphatic hydroxyl groups is 1. The predicted molar refractivity (Wildman–Crippen MR) is 76.3 cm³/mol. The van der Waals surface area contributed by atoms with Crippen LogP contribution in [0.1, 0.15) is 11.7 Å². The highest BCUT2D eigenvalue weighted by atomic mass is 32.2. The average Bonchev–Trinajstić information content (AvgIpc) is 2.46. The number of carbonyl (C=O) groups is 1. The third-order valence-corrected chi connectivity index (χ3v) is 3.63. The minimum Gasteiger partial charge on any atom is -0.479 e. The van der Waals surface area contributed by atoms with Crippen molar-refractivity contribution in [2.45, 2.75) is 11.0 Å². The van der Waals surface area contributed by atoms with Crippen LogP contribution in [0.2, 0.25) is 0 Å². The standard InChI is InChI=1S/C15H14O3S/c1-19-13-8-6-11(7-9-13)10-2-4-12(5-3-10)14(16)15(17)18/h2-9,14,16H,1H3,(H,17,18). The van der Waals surface area contributed by atoms with E-state index < -0.39 is 12.1 Å². The summed E-state index contributed by atoms with van der Waals surface area (Å²) in [5, 5.41) is 18.2. The predicted octanol–water partition coefficient (Wildman–Crippen LogP) is 3.19. The summed E-state index contributed by atoms with van der Waals surface area (Å²) in [5.74, 6) is -1.24. The number of rotatable bonds is 4. The molecule has 1 unspecified atom stereocenters. The van der Waals surface area contributed by atoms with Crippen molar-refractivity contribution in [2.75, 3.05) is 6.26 Å². The largest absolute Gasteiger partial charge is 0.479 e. The van der Waals surface area contributed by atoms with Gasteiger partial charge in [-0.15, -0.1) is 11.8 Å². The molecule has 0 bridgehead atoms. The number of carboxylic acids is 1. The molecule has 4 heteroatoms. The van der Waals surface area contributed by atoms with Crippen LogP contribution in [-0.2, 0) is 4.79 Å². The summed E-state index contributed by atoms with van der Waals surface area (Å²) in [4.78, 5) is 11.9. The molecule has 0 fully saturated rings. The van der Waals surface area contributed by atoms with E-state index in [1.165, 1.54) is 4.90 Å². The maximum atomic E-state index is 10.7. The van der Waals surface area contributed by atoms with Crippen LogP contribution in [0.15, 0.2) is 53.4 Å². The van der Waals surface area contributed by atoms with Gasteiger partial charge in [-0.3, -0.25) is 0 Å². The van der Waals surface area contributed by atoms with Crippen molar-refractivity contribution < 1.29 is 15.0 Å². The third kappa shape index (κ3) is 3.16. The Morgan fingerprint density at radius 1 is 1.00 bits per heavy atom. The van der Waals surface area contributed by atoms with Crippen LogP contribution in [-0.4, -0.2) is 22.4 Å². The first kappa shape index (κ1) is 13.6. The fraction of sp³-hybridized carbons (Fsp3) is 0.133. The van der Waals surface area contributed by atoms with Crippen molar-refractivity contribution >= 4 is 17.7 Å². The van der Waals surface area contributed by atoms with Gasteiger partial charge in [0, 0.05) is 4.90 Å². The number of aliphatic hydroxyl groups excluding tert-OH is 1. The molecule has 2 rings (SSSR count). The molecular formula is C15H14O3S. The summed E-state index contributed by atoms with van der Waals surface area (Å²) in [5.41, 5.74) is 2.44. The Labute approximate surface area is 115 Å². The van der Waals surface area contributed by atoms with Crippen LogP contribution in [0, 0.1) is 0 Å². The zero-order valence-corrected chi connectivity index (χ0v) is 11.2. The van der Waals surface area contributed by atoms with Gasteiger partial charge in [0.1, 0.15) is 0 Å². The monoisotopic (exact) mass is 274 g/mol. The molecule has 2 aromatic carbocycles. The van der Waals surface area contributed by atoms with Gasteiger partial charge < -0.3 is 10.2 Å². The van der Waals surface area contributed by atoms with E-state index in [0.717, 1.165) is 11.1 Å². The minimum atomic E-state index is -1.46. The smallest absolute Gasteiger partial charge is 0.337 e. The van der Waals surface area contributed by atoms with Gasteiger partial charge in [-0.05, 0) is 35.1 Å². The van der Waals surface area contributed by atoms with E-state index in [2.05, 4.69) is 0 Å². The van der Waals surface area contributed by atoms with Gasteiger partial charge in [0.2, 0.25) is 0 Å². The maximum absolute atomic E-state index is 10.7. The quantitative estimate of drug-likeness (QED) is 0.841. The number of carboxylic acid groups (broad SMARTS) is 1. The Hall–Kier alpha value is -1.78. The summed E-state index contributed by atoms with van der Waals surface area (Å²) in [6, 6.07) is 15.0. The van der Waals surface area contributed by atoms with Gasteiger partial charge in [-0.2, -0.15) is 0 Å². The van der Waals surface area contributed by atoms with Gasteiger partial charge in [0.05, 0.1) is 0 Å². The van der Waals surface area contributed by atoms with E-state index in [-0.39, 0.29) is 0 Å². The van der Waals surface area contributed by atoms with Crippen LogP contribution < -0.4 is 0 Å². The first-order chi connectivity index (χ1) is 9.11. The lowest BCUT2D eigenvalue weighted by Crippen LogP contribution is -2.09. The zero-order valence-electron chi connectivity index (χ0n) is 10.4. The molecule has 0 spiro atoms. The Kier molecular flexibility index (Phi) is 4.24. The van der Waals surface area contributed by atoms with Gasteiger partial charge in [0.25, 0.3) is 0 Å². The van der Waals surface area contributed by atoms with Gasteiger partial charge >= 0.3 is 5.97 Å². The molecule has 19 heavy (non-hydrogen) atoms. The Morgan fingerprint density at radius 2 is 1.47 bits per heavy atom. The molecule has 2 aromatic rings. The number of hydrogen-bond acceptors (Lipinski definition) is 3. The maximum Gasteiger partial charge on any atom is 0.337 e. The van der Waals surface area contributed by atoms with Crippen LogP contribution >= 0.6 is 11.8 Å². The van der Waals surface area contributed by atoms with E-state index in [4.69, 9.17) is 5.11 Å². The fourth-order valence-electron chi connectivity index (χ4n) is 1.78. The highest BCUT2D eigenvalue weighted by Crippen LogP contribution is 2.24. The number of hydrogen-bond donors (Lipinski definition) is 2. The van der Waals surface area contributed by atoms with E-state index in [9.17, 15) is 9.90 Å². The summed E-state index contributed by atoms with van der Waals surface area (Å²) in [7, 11) is 0. The summed E-state index contributed by atoms with van der Waals surface area (Å²) < 4.78 is 0. The van der Waals surface area contributed by atoms with Crippen molar-refractivity contribution in [2.24, 2.45) is 0 Å². The minimum absolute atomic E-state index is 0.386. The molecule has 0 aliphatic carbocycles. The lowest BCUT2D eigenvalue weighted by molar-refractivity contribution is -0.146. The molecule has 0 saturated carbocycles. The summed E-state index contributed by atoms with van der Waals surface area (Å²) in [6.07, 6.45) is 0.560. The molecule has 0 aromatic heterocycles. The summed E-state index contributed by atoms with van der Waals surface area (Å²) in [6.45, 7) is 0. The second kappa shape index (κ2) is 5.91. The van der Waals surface area contributed by atoms with Crippen molar-refractivity contribution in [3.63, 3.8) is 0 Å². The molecule has 0 radical (unpaired) electrons. The van der Waals surface area contributed by atoms with Crippen molar-refractivity contribution in [3.05, 3.63) is 54.1 Å². The first-order valence-electron chi connectivity index (χ1n) is 5.77. The van der Waals surface area contributed by atoms with Crippen LogP contribution in [0.4, 0.5) is 0 Å². The van der Waals surface area contributed by atoms with E-state index in [1.54, 1.807) is 23.9 Å². The van der Waals surface area contributed by atoms with E-state index in [0.29, 0.717) is 5.56 Å². The second-order valence-electron chi connectivity index (χ2n) is 4.09. The van der Waals surface area contributed by atoms with Gasteiger partial charge in [0.15, 0.2) is 6.10 Å². The molecule has 0 aliphatic heterocycles. The molecule has 1 atom stereocenters. The highest BCUT2D eigenvalue weighted by Gasteiger charge is 2.15. The normalized spacial score (nSPS) is 12.1. The van der Waals surface area contributed by atoms with Crippen molar-refractivity contribution in [1.82, 2.24) is 0 Å². The molecule has 0 aliphatic rings.